The van der Waals surface area contributed by atoms with Crippen LogP contribution in [0.15, 0.2) is 0 Å². The number of fused-ring (bicyclic) bond motifs is 1. The Morgan fingerprint density at radius 3 is 2.86 bits per heavy atom. The van der Waals surface area contributed by atoms with Gasteiger partial charge in [0.15, 0.2) is 0 Å². The summed E-state index contributed by atoms with van der Waals surface area (Å²) in [5, 5.41) is 6.43. The quantitative estimate of drug-likeness (QED) is 0.362. The van der Waals surface area contributed by atoms with Crippen LogP contribution in [0.1, 0.15) is 15.2 Å². The van der Waals surface area contributed by atoms with Crippen molar-refractivity contribution in [3.8, 4) is 0 Å². The molecule has 0 saturated heterocycles. The minimum Gasteiger partial charge on any atom is -0.465 e. The maximum Gasteiger partial charge on any atom is 0.348 e. The molecule has 0 spiro atoms. The number of amides is 1. The fourth-order valence-electron chi connectivity index (χ4n) is 1.84. The number of rotatable bonds is 6. The van der Waals surface area contributed by atoms with Gasteiger partial charge in [0.1, 0.15) is 15.5 Å². The number of nitrogens with one attached hydrogen (secondary N) is 2. The lowest BCUT2D eigenvalue weighted by Crippen LogP contribution is -2.21. The molecule has 0 aliphatic carbocycles. The zero-order valence-electron chi connectivity index (χ0n) is 11.4. The molecule has 2 heterocycles. The van der Waals surface area contributed by atoms with E-state index >= 15 is 0 Å². The smallest absolute Gasteiger partial charge is 0.348 e. The summed E-state index contributed by atoms with van der Waals surface area (Å²) in [5.41, 5.74) is 0.740. The van der Waals surface area contributed by atoms with Gasteiger partial charge in [0.05, 0.1) is 12.5 Å². The van der Waals surface area contributed by atoms with Crippen molar-refractivity contribution in [2.45, 2.75) is 6.92 Å². The molecule has 0 unspecified atom stereocenters. The van der Waals surface area contributed by atoms with Gasteiger partial charge >= 0.3 is 5.97 Å². The molecule has 1 amide bonds. The highest BCUT2D eigenvalue weighted by Crippen LogP contribution is 2.34. The highest BCUT2D eigenvalue weighted by Gasteiger charge is 2.20. The van der Waals surface area contributed by atoms with E-state index in [1.165, 1.54) is 18.4 Å². The van der Waals surface area contributed by atoms with Crippen LogP contribution in [-0.2, 0) is 9.53 Å². The van der Waals surface area contributed by atoms with Crippen molar-refractivity contribution < 1.29 is 14.3 Å². The summed E-state index contributed by atoms with van der Waals surface area (Å²) in [5.74, 6) is 0.113. The average Bonchev–Trinajstić information content (AvgIpc) is 2.79. The molecule has 0 saturated carbocycles. The molecular weight excluding hydrogens is 316 g/mol. The number of aryl methyl sites for hydroxylation is 1. The molecule has 0 aromatic carbocycles. The molecule has 21 heavy (non-hydrogen) atoms. The molecule has 2 aromatic rings. The second-order valence-corrected chi connectivity index (χ2v) is 5.41. The molecule has 2 N–H and O–H groups in total. The van der Waals surface area contributed by atoms with Crippen LogP contribution in [-0.4, -0.2) is 42.5 Å². The van der Waals surface area contributed by atoms with Gasteiger partial charge in [-0.05, 0) is 24.1 Å². The van der Waals surface area contributed by atoms with Gasteiger partial charge in [0.2, 0.25) is 11.7 Å². The summed E-state index contributed by atoms with van der Waals surface area (Å²) in [6.07, 6.45) is 0.620. The van der Waals surface area contributed by atoms with Gasteiger partial charge in [-0.1, -0.05) is 0 Å². The van der Waals surface area contributed by atoms with Gasteiger partial charge < -0.3 is 15.4 Å². The number of nitrogens with zero attached hydrogens (tertiary/aromatic N) is 2. The lowest BCUT2D eigenvalue weighted by atomic mass is 10.2. The van der Waals surface area contributed by atoms with Gasteiger partial charge in [-0.25, -0.2) is 14.8 Å². The Morgan fingerprint density at radius 1 is 1.43 bits per heavy atom. The van der Waals surface area contributed by atoms with E-state index in [9.17, 15) is 9.59 Å². The Kier molecular flexibility index (Phi) is 4.92. The van der Waals surface area contributed by atoms with Crippen LogP contribution in [0.25, 0.3) is 10.2 Å². The summed E-state index contributed by atoms with van der Waals surface area (Å²) in [4.78, 5) is 31.3. The molecule has 0 aliphatic rings. The zero-order chi connectivity index (χ0) is 15.4. The first-order valence-electron chi connectivity index (χ1n) is 6.04. The first kappa shape index (κ1) is 15.5. The number of methoxy groups -OCH3 is 1. The summed E-state index contributed by atoms with van der Waals surface area (Å²) in [6, 6.07) is 0. The van der Waals surface area contributed by atoms with Crippen LogP contribution in [0.4, 0.5) is 5.82 Å². The van der Waals surface area contributed by atoms with E-state index < -0.39 is 5.97 Å². The second-order valence-electron chi connectivity index (χ2n) is 4.07. The first-order valence-corrected chi connectivity index (χ1v) is 7.23. The van der Waals surface area contributed by atoms with E-state index in [2.05, 4.69) is 20.6 Å². The topological polar surface area (TPSA) is 93.2 Å². The van der Waals surface area contributed by atoms with Crippen molar-refractivity contribution in [3.05, 3.63) is 15.7 Å². The fourth-order valence-corrected chi connectivity index (χ4v) is 3.16. The summed E-state index contributed by atoms with van der Waals surface area (Å²) >= 11 is 7.10. The van der Waals surface area contributed by atoms with E-state index in [-0.39, 0.29) is 5.28 Å². The minimum atomic E-state index is -0.416. The SMILES string of the molecule is COC(=O)c1sc2nc(Cl)nc(NCCNC=O)c2c1C. The molecule has 0 atom stereocenters. The molecule has 2 rings (SSSR count). The van der Waals surface area contributed by atoms with Crippen LogP contribution in [0, 0.1) is 6.92 Å². The number of esters is 1. The van der Waals surface area contributed by atoms with Crippen molar-refractivity contribution >= 4 is 51.4 Å². The molecule has 112 valence electrons. The average molecular weight is 329 g/mol. The lowest BCUT2D eigenvalue weighted by Gasteiger charge is -2.07. The molecule has 9 heteroatoms. The summed E-state index contributed by atoms with van der Waals surface area (Å²) in [7, 11) is 1.33. The number of ether oxygens (including phenoxy) is 1. The lowest BCUT2D eigenvalue weighted by molar-refractivity contribution is -0.109. The Balaban J connectivity index is 2.41. The number of aromatic nitrogens is 2. The van der Waals surface area contributed by atoms with Gasteiger partial charge in [-0.3, -0.25) is 4.79 Å². The second kappa shape index (κ2) is 6.68. The summed E-state index contributed by atoms with van der Waals surface area (Å²) in [6.45, 7) is 2.72. The molecule has 7 nitrogen and oxygen atoms in total. The van der Waals surface area contributed by atoms with E-state index in [0.29, 0.717) is 35.0 Å². The van der Waals surface area contributed by atoms with E-state index in [0.717, 1.165) is 10.9 Å². The predicted octanol–water partition coefficient (Wildman–Crippen LogP) is 1.60. The first-order chi connectivity index (χ1) is 10.1. The fraction of sp³-hybridized carbons (Fsp3) is 0.333. The number of carbonyl (C=O) groups is 2. The van der Waals surface area contributed by atoms with Crippen molar-refractivity contribution in [1.82, 2.24) is 15.3 Å². The van der Waals surface area contributed by atoms with Crippen LogP contribution < -0.4 is 10.6 Å². The highest BCUT2D eigenvalue weighted by molar-refractivity contribution is 7.20. The number of halogens is 1. The van der Waals surface area contributed by atoms with Gasteiger partial charge in [0.25, 0.3) is 0 Å². The Morgan fingerprint density at radius 2 is 2.19 bits per heavy atom. The Hall–Kier alpha value is -1.93. The van der Waals surface area contributed by atoms with Crippen LogP contribution in [0.3, 0.4) is 0 Å². The Labute approximate surface area is 129 Å². The predicted molar refractivity (Wildman–Crippen MR) is 81.1 cm³/mol. The van der Waals surface area contributed by atoms with E-state index in [1.807, 2.05) is 0 Å². The maximum atomic E-state index is 11.7. The number of thiophene rings is 1. The normalized spacial score (nSPS) is 10.4. The van der Waals surface area contributed by atoms with Crippen LogP contribution >= 0.6 is 22.9 Å². The third kappa shape index (κ3) is 3.22. The summed E-state index contributed by atoms with van der Waals surface area (Å²) < 4.78 is 4.75. The van der Waals surface area contributed by atoms with Gasteiger partial charge in [-0.15, -0.1) is 11.3 Å². The van der Waals surface area contributed by atoms with Crippen LogP contribution in [0.2, 0.25) is 5.28 Å². The van der Waals surface area contributed by atoms with E-state index in [4.69, 9.17) is 16.3 Å². The zero-order valence-corrected chi connectivity index (χ0v) is 13.0. The van der Waals surface area contributed by atoms with Crippen LogP contribution in [0.5, 0.6) is 0 Å². The third-order valence-corrected chi connectivity index (χ3v) is 4.11. The molecule has 0 aliphatic heterocycles. The number of hydrogen-bond donors (Lipinski definition) is 2. The molecular formula is C12H13ClN4O3S. The highest BCUT2D eigenvalue weighted by atomic mass is 35.5. The minimum absolute atomic E-state index is 0.0889. The number of hydrogen-bond acceptors (Lipinski definition) is 7. The van der Waals surface area contributed by atoms with Crippen molar-refractivity contribution in [2.75, 3.05) is 25.5 Å². The molecule has 2 aromatic heterocycles. The monoisotopic (exact) mass is 328 g/mol. The van der Waals surface area contributed by atoms with Gasteiger partial charge in [-0.2, -0.15) is 0 Å². The van der Waals surface area contributed by atoms with Crippen molar-refractivity contribution in [3.63, 3.8) is 0 Å². The largest absolute Gasteiger partial charge is 0.465 e. The Bertz CT molecular complexity index is 689. The van der Waals surface area contributed by atoms with Crippen molar-refractivity contribution in [1.29, 1.82) is 0 Å². The number of anilines is 1. The molecule has 0 fully saturated rings. The third-order valence-electron chi connectivity index (χ3n) is 2.78. The maximum absolute atomic E-state index is 11.7. The number of carbonyl (C=O) groups excluding carboxylic acids is 2. The molecule has 0 bridgehead atoms. The van der Waals surface area contributed by atoms with Crippen molar-refractivity contribution in [2.24, 2.45) is 0 Å². The standard InChI is InChI=1S/C12H13ClN4O3S/c1-6-7-9(15-4-3-14-5-18)16-12(13)17-10(7)21-8(6)11(19)20-2/h5H,3-4H2,1-2H3,(H,14,18)(H,15,16,17). The van der Waals surface area contributed by atoms with Gasteiger partial charge in [0, 0.05) is 13.1 Å². The molecule has 0 radical (unpaired) electrons. The van der Waals surface area contributed by atoms with E-state index in [1.54, 1.807) is 6.92 Å².